The minimum absolute atomic E-state index is 0.103. The highest BCUT2D eigenvalue weighted by molar-refractivity contribution is 8.00. The van der Waals surface area contributed by atoms with Crippen molar-refractivity contribution in [2.24, 2.45) is 0 Å². The minimum Gasteiger partial charge on any atom is -0.379 e. The molecule has 2 rings (SSSR count). The first-order valence-electron chi connectivity index (χ1n) is 7.01. The minimum atomic E-state index is 0.103. The van der Waals surface area contributed by atoms with Crippen LogP contribution in [0.4, 0.5) is 0 Å². The normalized spacial score (nSPS) is 16.1. The van der Waals surface area contributed by atoms with E-state index in [0.717, 1.165) is 32.8 Å². The number of ether oxygens (including phenoxy) is 1. The fourth-order valence-corrected chi connectivity index (χ4v) is 2.95. The first-order chi connectivity index (χ1) is 9.75. The van der Waals surface area contributed by atoms with Crippen LogP contribution in [-0.4, -0.2) is 56.0 Å². The lowest BCUT2D eigenvalue weighted by molar-refractivity contribution is -0.118. The number of rotatable bonds is 6. The predicted octanol–water partition coefficient (Wildman–Crippen LogP) is 1.54. The average Bonchev–Trinajstić information content (AvgIpc) is 2.47. The van der Waals surface area contributed by atoms with E-state index in [9.17, 15) is 4.79 Å². The summed E-state index contributed by atoms with van der Waals surface area (Å²) in [5, 5.41) is 2.98. The van der Waals surface area contributed by atoms with Crippen molar-refractivity contribution >= 4 is 17.7 Å². The summed E-state index contributed by atoms with van der Waals surface area (Å²) in [7, 11) is 0. The molecule has 1 N–H and O–H groups in total. The third-order valence-corrected chi connectivity index (χ3v) is 4.48. The largest absolute Gasteiger partial charge is 0.379 e. The van der Waals surface area contributed by atoms with Crippen molar-refractivity contribution in [1.82, 2.24) is 10.2 Å². The number of nitrogens with one attached hydrogen (secondary N) is 1. The fraction of sp³-hybridized carbons (Fsp3) is 0.533. The van der Waals surface area contributed by atoms with Crippen molar-refractivity contribution in [3.8, 4) is 0 Å². The zero-order valence-electron chi connectivity index (χ0n) is 11.9. The van der Waals surface area contributed by atoms with Crippen LogP contribution in [0.1, 0.15) is 5.56 Å². The highest BCUT2D eigenvalue weighted by Crippen LogP contribution is 2.21. The summed E-state index contributed by atoms with van der Waals surface area (Å²) in [6.45, 7) is 7.23. The number of aryl methyl sites for hydroxylation is 1. The van der Waals surface area contributed by atoms with Crippen LogP contribution in [0.2, 0.25) is 0 Å². The zero-order chi connectivity index (χ0) is 14.2. The van der Waals surface area contributed by atoms with Crippen LogP contribution in [0.5, 0.6) is 0 Å². The molecule has 0 aliphatic carbocycles. The van der Waals surface area contributed by atoms with Crippen molar-refractivity contribution in [2.75, 3.05) is 45.1 Å². The molecule has 0 atom stereocenters. The zero-order valence-corrected chi connectivity index (χ0v) is 12.7. The van der Waals surface area contributed by atoms with Gasteiger partial charge >= 0.3 is 0 Å². The van der Waals surface area contributed by atoms with Gasteiger partial charge in [0.15, 0.2) is 0 Å². The molecule has 110 valence electrons. The number of amides is 1. The Balaban J connectivity index is 1.62. The molecular formula is C15H22N2O2S. The molecule has 1 amide bonds. The van der Waals surface area contributed by atoms with Crippen LogP contribution < -0.4 is 5.32 Å². The SMILES string of the molecule is Cc1ccccc1SCC(=O)NCCN1CCOCC1. The molecule has 0 saturated carbocycles. The molecule has 0 bridgehead atoms. The van der Waals surface area contributed by atoms with Gasteiger partial charge in [0.05, 0.1) is 19.0 Å². The van der Waals surface area contributed by atoms with Gasteiger partial charge in [-0.05, 0) is 18.6 Å². The van der Waals surface area contributed by atoms with Crippen LogP contribution in [-0.2, 0) is 9.53 Å². The number of nitrogens with zero attached hydrogens (tertiary/aromatic N) is 1. The Bertz CT molecular complexity index is 434. The van der Waals surface area contributed by atoms with Gasteiger partial charge in [-0.3, -0.25) is 9.69 Å². The van der Waals surface area contributed by atoms with E-state index in [0.29, 0.717) is 12.3 Å². The van der Waals surface area contributed by atoms with Crippen LogP contribution in [0.15, 0.2) is 29.2 Å². The summed E-state index contributed by atoms with van der Waals surface area (Å²) in [6.07, 6.45) is 0. The highest BCUT2D eigenvalue weighted by Gasteiger charge is 2.10. The summed E-state index contributed by atoms with van der Waals surface area (Å²) in [5.74, 6) is 0.583. The maximum absolute atomic E-state index is 11.8. The highest BCUT2D eigenvalue weighted by atomic mass is 32.2. The van der Waals surface area contributed by atoms with Crippen molar-refractivity contribution < 1.29 is 9.53 Å². The predicted molar refractivity (Wildman–Crippen MR) is 82.2 cm³/mol. The number of benzene rings is 1. The second-order valence-corrected chi connectivity index (χ2v) is 5.88. The quantitative estimate of drug-likeness (QED) is 0.808. The van der Waals surface area contributed by atoms with Crippen molar-refractivity contribution in [2.45, 2.75) is 11.8 Å². The van der Waals surface area contributed by atoms with Crippen LogP contribution >= 0.6 is 11.8 Å². The Hall–Kier alpha value is -1.04. The molecule has 1 saturated heterocycles. The molecule has 1 fully saturated rings. The van der Waals surface area contributed by atoms with E-state index in [1.54, 1.807) is 11.8 Å². The van der Waals surface area contributed by atoms with Crippen molar-refractivity contribution in [3.63, 3.8) is 0 Å². The van der Waals surface area contributed by atoms with Crippen LogP contribution in [0, 0.1) is 6.92 Å². The standard InChI is InChI=1S/C15H22N2O2S/c1-13-4-2-3-5-14(13)20-12-15(18)16-6-7-17-8-10-19-11-9-17/h2-5H,6-12H2,1H3,(H,16,18). The average molecular weight is 294 g/mol. The molecule has 0 spiro atoms. The molecular weight excluding hydrogens is 272 g/mol. The third-order valence-electron chi connectivity index (χ3n) is 3.31. The molecule has 0 aromatic heterocycles. The Morgan fingerprint density at radius 2 is 2.10 bits per heavy atom. The summed E-state index contributed by atoms with van der Waals surface area (Å²) in [6, 6.07) is 8.15. The van der Waals surface area contributed by atoms with Gasteiger partial charge in [-0.25, -0.2) is 0 Å². The van der Waals surface area contributed by atoms with Gasteiger partial charge in [0.2, 0.25) is 5.91 Å². The van der Waals surface area contributed by atoms with Crippen LogP contribution in [0.3, 0.4) is 0 Å². The van der Waals surface area contributed by atoms with Gasteiger partial charge in [0.25, 0.3) is 0 Å². The van der Waals surface area contributed by atoms with E-state index in [2.05, 4.69) is 29.3 Å². The molecule has 1 heterocycles. The topological polar surface area (TPSA) is 41.6 Å². The molecule has 0 unspecified atom stereocenters. The van der Waals surface area contributed by atoms with E-state index in [1.165, 1.54) is 10.5 Å². The Morgan fingerprint density at radius 1 is 1.35 bits per heavy atom. The number of carbonyl (C=O) groups excluding carboxylic acids is 1. The monoisotopic (exact) mass is 294 g/mol. The molecule has 0 radical (unpaired) electrons. The molecule has 4 nitrogen and oxygen atoms in total. The van der Waals surface area contributed by atoms with Crippen molar-refractivity contribution in [3.05, 3.63) is 29.8 Å². The molecule has 1 aliphatic rings. The van der Waals surface area contributed by atoms with Crippen LogP contribution in [0.25, 0.3) is 0 Å². The summed E-state index contributed by atoms with van der Waals surface area (Å²) in [5.41, 5.74) is 1.22. The van der Waals surface area contributed by atoms with E-state index >= 15 is 0 Å². The number of morpholine rings is 1. The van der Waals surface area contributed by atoms with Gasteiger partial charge < -0.3 is 10.1 Å². The number of hydrogen-bond donors (Lipinski definition) is 1. The van der Waals surface area contributed by atoms with E-state index < -0.39 is 0 Å². The Labute approximate surface area is 124 Å². The Kier molecular flexibility index (Phi) is 6.36. The molecule has 20 heavy (non-hydrogen) atoms. The second-order valence-electron chi connectivity index (χ2n) is 4.86. The van der Waals surface area contributed by atoms with Gasteiger partial charge in [-0.2, -0.15) is 0 Å². The second kappa shape index (κ2) is 8.29. The molecule has 1 aliphatic heterocycles. The number of hydrogen-bond acceptors (Lipinski definition) is 4. The smallest absolute Gasteiger partial charge is 0.230 e. The van der Waals surface area contributed by atoms with Gasteiger partial charge in [-0.1, -0.05) is 18.2 Å². The summed E-state index contributed by atoms with van der Waals surface area (Å²) >= 11 is 1.60. The molecule has 1 aromatic carbocycles. The summed E-state index contributed by atoms with van der Waals surface area (Å²) in [4.78, 5) is 15.3. The Morgan fingerprint density at radius 3 is 2.85 bits per heavy atom. The maximum Gasteiger partial charge on any atom is 0.230 e. The molecule has 1 aromatic rings. The lowest BCUT2D eigenvalue weighted by Gasteiger charge is -2.26. The maximum atomic E-state index is 11.8. The fourth-order valence-electron chi connectivity index (χ4n) is 2.09. The first kappa shape index (κ1) is 15.4. The third kappa shape index (κ3) is 5.15. The van der Waals surface area contributed by atoms with E-state index in [4.69, 9.17) is 4.74 Å². The molecule has 5 heteroatoms. The summed E-state index contributed by atoms with van der Waals surface area (Å²) < 4.78 is 5.29. The van der Waals surface area contributed by atoms with E-state index in [1.807, 2.05) is 12.1 Å². The number of carbonyl (C=O) groups is 1. The lowest BCUT2D eigenvalue weighted by Crippen LogP contribution is -2.41. The van der Waals surface area contributed by atoms with Gasteiger partial charge in [-0.15, -0.1) is 11.8 Å². The van der Waals surface area contributed by atoms with Crippen molar-refractivity contribution in [1.29, 1.82) is 0 Å². The van der Waals surface area contributed by atoms with Gasteiger partial charge in [0.1, 0.15) is 0 Å². The number of thioether (sulfide) groups is 1. The first-order valence-corrected chi connectivity index (χ1v) is 7.99. The van der Waals surface area contributed by atoms with Gasteiger partial charge in [0, 0.05) is 31.1 Å². The lowest BCUT2D eigenvalue weighted by atomic mass is 10.2. The van der Waals surface area contributed by atoms with E-state index in [-0.39, 0.29) is 5.91 Å².